The highest BCUT2D eigenvalue weighted by Gasteiger charge is 2.40. The van der Waals surface area contributed by atoms with Gasteiger partial charge in [0.15, 0.2) is 0 Å². The molecule has 1 heterocycles. The average molecular weight is 303 g/mol. The van der Waals surface area contributed by atoms with Crippen molar-refractivity contribution >= 4 is 10.2 Å². The molecule has 2 aliphatic rings. The highest BCUT2D eigenvalue weighted by Crippen LogP contribution is 2.32. The van der Waals surface area contributed by atoms with E-state index < -0.39 is 10.2 Å². The van der Waals surface area contributed by atoms with Crippen LogP contribution in [0.4, 0.5) is 0 Å². The minimum Gasteiger partial charge on any atom is -0.330 e. The Balaban J connectivity index is 1.99. The molecule has 20 heavy (non-hydrogen) atoms. The SMILES string of the molecule is CC(C)CCN(C1CC1)S(=O)(=O)N1CCC(CN)CC1. The van der Waals surface area contributed by atoms with Gasteiger partial charge in [0, 0.05) is 25.7 Å². The first kappa shape index (κ1) is 16.2. The first-order chi connectivity index (χ1) is 9.45. The summed E-state index contributed by atoms with van der Waals surface area (Å²) in [6.07, 6.45) is 4.79. The van der Waals surface area contributed by atoms with Crippen LogP contribution in [0.1, 0.15) is 46.0 Å². The molecule has 0 unspecified atom stereocenters. The highest BCUT2D eigenvalue weighted by molar-refractivity contribution is 7.86. The van der Waals surface area contributed by atoms with Gasteiger partial charge in [-0.1, -0.05) is 13.8 Å². The normalized spacial score (nSPS) is 22.9. The van der Waals surface area contributed by atoms with Crippen LogP contribution in [0.5, 0.6) is 0 Å². The van der Waals surface area contributed by atoms with Gasteiger partial charge in [-0.05, 0) is 50.5 Å². The molecule has 1 saturated heterocycles. The lowest BCUT2D eigenvalue weighted by Gasteiger charge is -2.35. The van der Waals surface area contributed by atoms with E-state index in [1.807, 2.05) is 0 Å². The van der Waals surface area contributed by atoms with Crippen molar-refractivity contribution in [3.8, 4) is 0 Å². The van der Waals surface area contributed by atoms with Crippen LogP contribution in [0.3, 0.4) is 0 Å². The first-order valence-corrected chi connectivity index (χ1v) is 9.31. The molecule has 1 saturated carbocycles. The summed E-state index contributed by atoms with van der Waals surface area (Å²) in [7, 11) is -3.26. The molecule has 0 atom stereocenters. The van der Waals surface area contributed by atoms with Gasteiger partial charge in [0.1, 0.15) is 0 Å². The molecule has 1 aliphatic heterocycles. The van der Waals surface area contributed by atoms with E-state index in [4.69, 9.17) is 5.73 Å². The van der Waals surface area contributed by atoms with Crippen molar-refractivity contribution in [3.05, 3.63) is 0 Å². The lowest BCUT2D eigenvalue weighted by molar-refractivity contribution is 0.252. The summed E-state index contributed by atoms with van der Waals surface area (Å²) in [6.45, 7) is 6.90. The molecule has 0 aromatic heterocycles. The summed E-state index contributed by atoms with van der Waals surface area (Å²) >= 11 is 0. The Kier molecular flexibility index (Phi) is 5.45. The molecule has 0 aromatic rings. The van der Waals surface area contributed by atoms with E-state index in [1.165, 1.54) is 0 Å². The summed E-state index contributed by atoms with van der Waals surface area (Å²) < 4.78 is 29.0. The zero-order valence-electron chi connectivity index (χ0n) is 12.8. The minimum atomic E-state index is -3.26. The van der Waals surface area contributed by atoms with Gasteiger partial charge in [-0.15, -0.1) is 0 Å². The van der Waals surface area contributed by atoms with E-state index in [1.54, 1.807) is 8.61 Å². The van der Waals surface area contributed by atoms with Gasteiger partial charge in [0.2, 0.25) is 0 Å². The third kappa shape index (κ3) is 3.93. The van der Waals surface area contributed by atoms with E-state index >= 15 is 0 Å². The molecule has 5 nitrogen and oxygen atoms in total. The summed E-state index contributed by atoms with van der Waals surface area (Å²) in [6, 6.07) is 0.256. The summed E-state index contributed by atoms with van der Waals surface area (Å²) in [5.74, 6) is 1.03. The molecule has 2 rings (SSSR count). The standard InChI is InChI=1S/C14H29N3O2S/c1-12(2)5-10-17(14-3-4-14)20(18,19)16-8-6-13(11-15)7-9-16/h12-14H,3-11,15H2,1-2H3. The predicted octanol–water partition coefficient (Wildman–Crippen LogP) is 1.41. The van der Waals surface area contributed by atoms with Crippen molar-refractivity contribution in [1.82, 2.24) is 8.61 Å². The van der Waals surface area contributed by atoms with Crippen molar-refractivity contribution < 1.29 is 8.42 Å². The number of hydrogen-bond acceptors (Lipinski definition) is 3. The second kappa shape index (κ2) is 6.73. The van der Waals surface area contributed by atoms with Crippen LogP contribution in [0, 0.1) is 11.8 Å². The van der Waals surface area contributed by atoms with Crippen LogP contribution < -0.4 is 5.73 Å². The maximum atomic E-state index is 12.8. The van der Waals surface area contributed by atoms with Gasteiger partial charge in [-0.25, -0.2) is 0 Å². The molecule has 118 valence electrons. The Morgan fingerprint density at radius 3 is 2.25 bits per heavy atom. The van der Waals surface area contributed by atoms with Crippen molar-refractivity contribution in [2.75, 3.05) is 26.2 Å². The number of piperidine rings is 1. The van der Waals surface area contributed by atoms with Crippen molar-refractivity contribution in [3.63, 3.8) is 0 Å². The second-order valence-corrected chi connectivity index (χ2v) is 8.49. The largest absolute Gasteiger partial charge is 0.330 e. The van der Waals surface area contributed by atoms with Crippen LogP contribution in [0.25, 0.3) is 0 Å². The van der Waals surface area contributed by atoms with Gasteiger partial charge < -0.3 is 5.73 Å². The third-order valence-corrected chi connectivity index (χ3v) is 6.50. The zero-order valence-corrected chi connectivity index (χ0v) is 13.6. The fourth-order valence-corrected chi connectivity index (χ4v) is 4.65. The Morgan fingerprint density at radius 2 is 1.80 bits per heavy atom. The van der Waals surface area contributed by atoms with Gasteiger partial charge in [0.05, 0.1) is 0 Å². The van der Waals surface area contributed by atoms with Gasteiger partial charge in [-0.3, -0.25) is 0 Å². The molecular formula is C14H29N3O2S. The molecule has 1 aliphatic carbocycles. The van der Waals surface area contributed by atoms with Crippen LogP contribution >= 0.6 is 0 Å². The first-order valence-electron chi connectivity index (χ1n) is 7.92. The van der Waals surface area contributed by atoms with E-state index in [9.17, 15) is 8.42 Å². The van der Waals surface area contributed by atoms with E-state index in [2.05, 4.69) is 13.8 Å². The van der Waals surface area contributed by atoms with Crippen molar-refractivity contribution in [2.24, 2.45) is 17.6 Å². The topological polar surface area (TPSA) is 66.6 Å². The van der Waals surface area contributed by atoms with Crippen molar-refractivity contribution in [1.29, 1.82) is 0 Å². The van der Waals surface area contributed by atoms with Gasteiger partial charge in [0.25, 0.3) is 10.2 Å². The third-order valence-electron chi connectivity index (χ3n) is 4.41. The van der Waals surface area contributed by atoms with Gasteiger partial charge in [-0.2, -0.15) is 17.0 Å². The van der Waals surface area contributed by atoms with Crippen molar-refractivity contribution in [2.45, 2.75) is 52.0 Å². The lowest BCUT2D eigenvalue weighted by Crippen LogP contribution is -2.49. The Labute approximate surface area is 123 Å². The number of rotatable bonds is 7. The maximum Gasteiger partial charge on any atom is 0.282 e. The monoisotopic (exact) mass is 303 g/mol. The van der Waals surface area contributed by atoms with Crippen LogP contribution in [-0.2, 0) is 10.2 Å². The summed E-state index contributed by atoms with van der Waals surface area (Å²) in [5.41, 5.74) is 5.68. The van der Waals surface area contributed by atoms with E-state index in [-0.39, 0.29) is 6.04 Å². The second-order valence-electron chi connectivity index (χ2n) is 6.61. The Morgan fingerprint density at radius 1 is 1.20 bits per heavy atom. The molecule has 2 N–H and O–H groups in total. The fraction of sp³-hybridized carbons (Fsp3) is 1.00. The average Bonchev–Trinajstić information content (AvgIpc) is 3.23. The minimum absolute atomic E-state index is 0.256. The number of hydrogen-bond donors (Lipinski definition) is 1. The van der Waals surface area contributed by atoms with Gasteiger partial charge >= 0.3 is 0 Å². The van der Waals surface area contributed by atoms with E-state index in [0.717, 1.165) is 32.1 Å². The summed E-state index contributed by atoms with van der Waals surface area (Å²) in [5, 5.41) is 0. The molecule has 0 bridgehead atoms. The van der Waals surface area contributed by atoms with E-state index in [0.29, 0.717) is 38.0 Å². The van der Waals surface area contributed by atoms with Crippen LogP contribution in [0.2, 0.25) is 0 Å². The molecule has 0 radical (unpaired) electrons. The molecule has 0 aromatic carbocycles. The maximum absolute atomic E-state index is 12.8. The Hall–Kier alpha value is -0.170. The fourth-order valence-electron chi connectivity index (χ4n) is 2.76. The van der Waals surface area contributed by atoms with Crippen LogP contribution in [0.15, 0.2) is 0 Å². The van der Waals surface area contributed by atoms with Crippen LogP contribution in [-0.4, -0.2) is 49.2 Å². The molecule has 6 heteroatoms. The lowest BCUT2D eigenvalue weighted by atomic mass is 9.99. The molecule has 2 fully saturated rings. The summed E-state index contributed by atoms with van der Waals surface area (Å²) in [4.78, 5) is 0. The molecular weight excluding hydrogens is 274 g/mol. The smallest absolute Gasteiger partial charge is 0.282 e. The number of nitrogens with zero attached hydrogens (tertiary/aromatic N) is 2. The predicted molar refractivity (Wildman–Crippen MR) is 81.5 cm³/mol. The number of nitrogens with two attached hydrogens (primary N) is 1. The quantitative estimate of drug-likeness (QED) is 0.773. The molecule has 0 amide bonds. The highest BCUT2D eigenvalue weighted by atomic mass is 32.2. The Bertz CT molecular complexity index is 399. The molecule has 0 spiro atoms. The zero-order chi connectivity index (χ0) is 14.8.